The first kappa shape index (κ1) is 8.54. The van der Waals surface area contributed by atoms with Crippen molar-refractivity contribution in [2.24, 2.45) is 0 Å². The van der Waals surface area contributed by atoms with Gasteiger partial charge in [-0.2, -0.15) is 0 Å². The maximum Gasteiger partial charge on any atom is 0.201 e. The van der Waals surface area contributed by atoms with Crippen molar-refractivity contribution >= 4 is 5.78 Å². The maximum atomic E-state index is 11.5. The van der Waals surface area contributed by atoms with Crippen LogP contribution in [0.15, 0.2) is 23.0 Å². The van der Waals surface area contributed by atoms with Crippen LogP contribution in [0.2, 0.25) is 0 Å². The fraction of sp³-hybridized carbons (Fsp3) is 0.545. The van der Waals surface area contributed by atoms with E-state index in [9.17, 15) is 4.79 Å². The molecule has 0 atom stereocenters. The number of hydrogen-bond donors (Lipinski definition) is 0. The van der Waals surface area contributed by atoms with Crippen molar-refractivity contribution in [2.45, 2.75) is 32.1 Å². The predicted molar refractivity (Wildman–Crippen MR) is 50.2 cm³/mol. The molecule has 0 aromatic rings. The van der Waals surface area contributed by atoms with E-state index in [-0.39, 0.29) is 5.78 Å². The van der Waals surface area contributed by atoms with Crippen LogP contribution in [0.3, 0.4) is 0 Å². The van der Waals surface area contributed by atoms with E-state index in [4.69, 9.17) is 4.74 Å². The van der Waals surface area contributed by atoms with Crippen LogP contribution in [-0.4, -0.2) is 12.9 Å². The molecule has 2 rings (SSSR count). The number of fused-ring (bicyclic) bond motifs is 1. The third-order valence-electron chi connectivity index (χ3n) is 2.78. The normalized spacial score (nSPS) is 22.5. The minimum atomic E-state index is 0.142. The largest absolute Gasteiger partial charge is 0.493 e. The number of methoxy groups -OCH3 is 1. The Kier molecular flexibility index (Phi) is 2.21. The highest BCUT2D eigenvalue weighted by molar-refractivity contribution is 5.97. The van der Waals surface area contributed by atoms with Gasteiger partial charge in [-0.3, -0.25) is 4.79 Å². The van der Waals surface area contributed by atoms with Gasteiger partial charge in [-0.15, -0.1) is 0 Å². The number of carbonyl (C=O) groups is 1. The summed E-state index contributed by atoms with van der Waals surface area (Å²) in [5.74, 6) is 0.764. The van der Waals surface area contributed by atoms with E-state index in [2.05, 4.69) is 6.08 Å². The molecule has 0 N–H and O–H groups in total. The Morgan fingerprint density at radius 2 is 2.08 bits per heavy atom. The molecule has 0 spiro atoms. The van der Waals surface area contributed by atoms with E-state index in [1.54, 1.807) is 7.11 Å². The lowest BCUT2D eigenvalue weighted by Crippen LogP contribution is -2.15. The molecule has 1 fully saturated rings. The van der Waals surface area contributed by atoms with E-state index in [0.717, 1.165) is 12.8 Å². The Hall–Kier alpha value is -1.05. The second kappa shape index (κ2) is 3.36. The van der Waals surface area contributed by atoms with Crippen molar-refractivity contribution in [3.05, 3.63) is 23.0 Å². The average molecular weight is 178 g/mol. The molecule has 2 heteroatoms. The number of rotatable bonds is 1. The van der Waals surface area contributed by atoms with Gasteiger partial charge in [0.2, 0.25) is 5.78 Å². The number of carbonyl (C=O) groups excluding carboxylic acids is 1. The van der Waals surface area contributed by atoms with Crippen LogP contribution in [-0.2, 0) is 9.53 Å². The third kappa shape index (κ3) is 1.41. The van der Waals surface area contributed by atoms with Gasteiger partial charge in [0.25, 0.3) is 0 Å². The van der Waals surface area contributed by atoms with Crippen LogP contribution >= 0.6 is 0 Å². The first-order valence-corrected chi connectivity index (χ1v) is 4.82. The lowest BCUT2D eigenvalue weighted by atomic mass is 9.84. The van der Waals surface area contributed by atoms with Gasteiger partial charge in [-0.1, -0.05) is 6.08 Å². The third-order valence-corrected chi connectivity index (χ3v) is 2.78. The summed E-state index contributed by atoms with van der Waals surface area (Å²) in [5, 5.41) is 0. The van der Waals surface area contributed by atoms with Gasteiger partial charge in [-0.05, 0) is 31.3 Å². The molecule has 0 amide bonds. The Balaban J connectivity index is 2.37. The van der Waals surface area contributed by atoms with Gasteiger partial charge in [0.15, 0.2) is 5.76 Å². The number of hydrogen-bond acceptors (Lipinski definition) is 2. The molecule has 0 aromatic heterocycles. The molecule has 0 unspecified atom stereocenters. The first-order valence-electron chi connectivity index (χ1n) is 4.82. The molecule has 2 aliphatic rings. The van der Waals surface area contributed by atoms with Gasteiger partial charge in [0.05, 0.1) is 7.11 Å². The summed E-state index contributed by atoms with van der Waals surface area (Å²) in [6.07, 6.45) is 7.17. The summed E-state index contributed by atoms with van der Waals surface area (Å²) in [6.45, 7) is 0. The molecule has 0 radical (unpaired) electrons. The van der Waals surface area contributed by atoms with E-state index in [1.165, 1.54) is 24.0 Å². The van der Waals surface area contributed by atoms with Crippen LogP contribution in [0, 0.1) is 0 Å². The molecular formula is C11H14O2. The molecule has 0 saturated heterocycles. The highest BCUT2D eigenvalue weighted by Crippen LogP contribution is 2.34. The zero-order valence-corrected chi connectivity index (χ0v) is 7.93. The van der Waals surface area contributed by atoms with Crippen molar-refractivity contribution < 1.29 is 9.53 Å². The number of allylic oxidation sites excluding steroid dienone is 4. The molecule has 2 nitrogen and oxygen atoms in total. The zero-order valence-electron chi connectivity index (χ0n) is 7.93. The quantitative estimate of drug-likeness (QED) is 0.616. The van der Waals surface area contributed by atoms with Gasteiger partial charge in [0, 0.05) is 12.0 Å². The number of ether oxygens (including phenoxy) is 1. The fourth-order valence-corrected chi connectivity index (χ4v) is 2.13. The van der Waals surface area contributed by atoms with Gasteiger partial charge >= 0.3 is 0 Å². The first-order chi connectivity index (χ1) is 6.33. The molecule has 0 aromatic carbocycles. The van der Waals surface area contributed by atoms with Crippen LogP contribution < -0.4 is 0 Å². The van der Waals surface area contributed by atoms with Gasteiger partial charge < -0.3 is 4.74 Å². The minimum Gasteiger partial charge on any atom is -0.493 e. The monoisotopic (exact) mass is 178 g/mol. The lowest BCUT2D eigenvalue weighted by molar-refractivity contribution is -0.117. The number of ketones is 1. The Morgan fingerprint density at radius 1 is 1.31 bits per heavy atom. The van der Waals surface area contributed by atoms with Crippen molar-refractivity contribution in [3.8, 4) is 0 Å². The molecule has 1 saturated carbocycles. The molecule has 0 bridgehead atoms. The van der Waals surface area contributed by atoms with Crippen LogP contribution in [0.4, 0.5) is 0 Å². The van der Waals surface area contributed by atoms with Crippen molar-refractivity contribution in [1.82, 2.24) is 0 Å². The molecule has 0 heterocycles. The molecule has 13 heavy (non-hydrogen) atoms. The standard InChI is InChI=1S/C11H14O2/c1-13-11-9-5-3-2-4-8(9)6-7-10(11)12/h6H,2-5,7H2,1H3. The maximum absolute atomic E-state index is 11.5. The summed E-state index contributed by atoms with van der Waals surface area (Å²) < 4.78 is 5.16. The van der Waals surface area contributed by atoms with Gasteiger partial charge in [-0.25, -0.2) is 0 Å². The van der Waals surface area contributed by atoms with E-state index < -0.39 is 0 Å². The smallest absolute Gasteiger partial charge is 0.201 e. The van der Waals surface area contributed by atoms with E-state index in [1.807, 2.05) is 0 Å². The fourth-order valence-electron chi connectivity index (χ4n) is 2.13. The summed E-state index contributed by atoms with van der Waals surface area (Å²) in [6, 6.07) is 0. The second-order valence-electron chi connectivity index (χ2n) is 3.58. The minimum absolute atomic E-state index is 0.142. The molecule has 0 aliphatic heterocycles. The van der Waals surface area contributed by atoms with Crippen LogP contribution in [0.5, 0.6) is 0 Å². The van der Waals surface area contributed by atoms with Gasteiger partial charge in [0.1, 0.15) is 0 Å². The highest BCUT2D eigenvalue weighted by Gasteiger charge is 2.24. The Morgan fingerprint density at radius 3 is 2.85 bits per heavy atom. The Labute approximate surface area is 78.3 Å². The second-order valence-corrected chi connectivity index (χ2v) is 3.58. The lowest BCUT2D eigenvalue weighted by Gasteiger charge is -2.23. The summed E-state index contributed by atoms with van der Waals surface area (Å²) >= 11 is 0. The van der Waals surface area contributed by atoms with E-state index in [0.29, 0.717) is 12.2 Å². The summed E-state index contributed by atoms with van der Waals surface area (Å²) in [7, 11) is 1.60. The molecular weight excluding hydrogens is 164 g/mol. The summed E-state index contributed by atoms with van der Waals surface area (Å²) in [5.41, 5.74) is 2.52. The van der Waals surface area contributed by atoms with Crippen LogP contribution in [0.25, 0.3) is 0 Å². The van der Waals surface area contributed by atoms with Crippen molar-refractivity contribution in [1.29, 1.82) is 0 Å². The zero-order chi connectivity index (χ0) is 9.26. The SMILES string of the molecule is COC1=C2CCCCC2=CCC1=O. The Bertz CT molecular complexity index is 297. The average Bonchev–Trinajstić information content (AvgIpc) is 2.18. The topological polar surface area (TPSA) is 26.3 Å². The van der Waals surface area contributed by atoms with Crippen molar-refractivity contribution in [3.63, 3.8) is 0 Å². The molecule has 2 aliphatic carbocycles. The summed E-state index contributed by atoms with van der Waals surface area (Å²) in [4.78, 5) is 11.5. The van der Waals surface area contributed by atoms with Crippen LogP contribution in [0.1, 0.15) is 32.1 Å². The van der Waals surface area contributed by atoms with E-state index >= 15 is 0 Å². The van der Waals surface area contributed by atoms with Crippen molar-refractivity contribution in [2.75, 3.05) is 7.11 Å². The highest BCUT2D eigenvalue weighted by atomic mass is 16.5. The molecule has 70 valence electrons. The number of Topliss-reactive ketones (excluding diaryl/α,β-unsaturated/α-hetero) is 1. The predicted octanol–water partition coefficient (Wildman–Crippen LogP) is 2.36.